The number of hydrogen-bond donors (Lipinski definition) is 2. The highest BCUT2D eigenvalue weighted by Gasteiger charge is 2.13. The zero-order valence-corrected chi connectivity index (χ0v) is 12.2. The van der Waals surface area contributed by atoms with Crippen LogP contribution in [0.3, 0.4) is 0 Å². The molecule has 0 radical (unpaired) electrons. The van der Waals surface area contributed by atoms with Crippen molar-refractivity contribution < 1.29 is 9.18 Å². The van der Waals surface area contributed by atoms with Crippen LogP contribution in [-0.4, -0.2) is 25.5 Å². The number of nitrogen functional groups attached to an aromatic ring is 1. The van der Waals surface area contributed by atoms with Crippen molar-refractivity contribution in [2.75, 3.05) is 24.2 Å². The van der Waals surface area contributed by atoms with Crippen molar-refractivity contribution in [2.45, 2.75) is 19.9 Å². The molecule has 0 bridgehead atoms. The third-order valence-electron chi connectivity index (χ3n) is 2.31. The van der Waals surface area contributed by atoms with E-state index in [2.05, 4.69) is 21.2 Å². The molecule has 0 spiro atoms. The molecule has 0 unspecified atom stereocenters. The van der Waals surface area contributed by atoms with E-state index in [1.807, 2.05) is 13.8 Å². The molecule has 6 heteroatoms. The zero-order chi connectivity index (χ0) is 13.9. The molecule has 0 fully saturated rings. The first-order chi connectivity index (χ1) is 8.31. The molecule has 0 heterocycles. The first kappa shape index (κ1) is 14.8. The SMILES string of the molecule is CC(C)NC(=O)CN(C)c1cc(F)c(Br)cc1N. The van der Waals surface area contributed by atoms with Crippen molar-refractivity contribution >= 4 is 33.2 Å². The second kappa shape index (κ2) is 6.04. The van der Waals surface area contributed by atoms with Crippen LogP contribution >= 0.6 is 15.9 Å². The Hall–Kier alpha value is -1.30. The Morgan fingerprint density at radius 2 is 2.17 bits per heavy atom. The summed E-state index contributed by atoms with van der Waals surface area (Å²) >= 11 is 3.06. The Balaban J connectivity index is 2.81. The van der Waals surface area contributed by atoms with Crippen molar-refractivity contribution in [3.63, 3.8) is 0 Å². The van der Waals surface area contributed by atoms with Gasteiger partial charge in [0.1, 0.15) is 5.82 Å². The highest BCUT2D eigenvalue weighted by Crippen LogP contribution is 2.28. The minimum absolute atomic E-state index is 0.0740. The van der Waals surface area contributed by atoms with Gasteiger partial charge in [-0.05, 0) is 35.8 Å². The smallest absolute Gasteiger partial charge is 0.239 e. The van der Waals surface area contributed by atoms with E-state index in [1.165, 1.54) is 12.1 Å². The van der Waals surface area contributed by atoms with Gasteiger partial charge in [-0.2, -0.15) is 0 Å². The van der Waals surface area contributed by atoms with Gasteiger partial charge >= 0.3 is 0 Å². The van der Waals surface area contributed by atoms with Crippen LogP contribution in [-0.2, 0) is 4.79 Å². The van der Waals surface area contributed by atoms with Gasteiger partial charge < -0.3 is 16.0 Å². The van der Waals surface area contributed by atoms with Crippen molar-refractivity contribution in [1.29, 1.82) is 0 Å². The summed E-state index contributed by atoms with van der Waals surface area (Å²) in [5.41, 5.74) is 6.71. The van der Waals surface area contributed by atoms with Crippen LogP contribution in [0.2, 0.25) is 0 Å². The molecular formula is C12H17BrFN3O. The van der Waals surface area contributed by atoms with Crippen LogP contribution in [0.25, 0.3) is 0 Å². The van der Waals surface area contributed by atoms with Crippen LogP contribution in [0.15, 0.2) is 16.6 Å². The van der Waals surface area contributed by atoms with E-state index in [9.17, 15) is 9.18 Å². The lowest BCUT2D eigenvalue weighted by Gasteiger charge is -2.21. The highest BCUT2D eigenvalue weighted by atomic mass is 79.9. The number of nitrogens with one attached hydrogen (secondary N) is 1. The van der Waals surface area contributed by atoms with Gasteiger partial charge in [0.15, 0.2) is 0 Å². The van der Waals surface area contributed by atoms with Crippen molar-refractivity contribution in [2.24, 2.45) is 0 Å². The van der Waals surface area contributed by atoms with Crippen molar-refractivity contribution in [3.8, 4) is 0 Å². The standard InChI is InChI=1S/C12H17BrFN3O/c1-7(2)16-12(18)6-17(3)11-5-9(14)8(13)4-10(11)15/h4-5,7H,6,15H2,1-3H3,(H,16,18). The number of nitrogens with zero attached hydrogens (tertiary/aromatic N) is 1. The topological polar surface area (TPSA) is 58.4 Å². The van der Waals surface area contributed by atoms with Crippen LogP contribution < -0.4 is 16.0 Å². The summed E-state index contributed by atoms with van der Waals surface area (Å²) < 4.78 is 13.7. The monoisotopic (exact) mass is 317 g/mol. The van der Waals surface area contributed by atoms with Gasteiger partial charge in [-0.25, -0.2) is 4.39 Å². The predicted octanol–water partition coefficient (Wildman–Crippen LogP) is 2.13. The van der Waals surface area contributed by atoms with E-state index >= 15 is 0 Å². The van der Waals surface area contributed by atoms with Gasteiger partial charge in [0.05, 0.1) is 22.4 Å². The van der Waals surface area contributed by atoms with Gasteiger partial charge in [-0.15, -0.1) is 0 Å². The summed E-state index contributed by atoms with van der Waals surface area (Å²) in [6.07, 6.45) is 0. The molecular weight excluding hydrogens is 301 g/mol. The Labute approximate surface area is 114 Å². The van der Waals surface area contributed by atoms with E-state index < -0.39 is 5.82 Å². The third kappa shape index (κ3) is 3.87. The summed E-state index contributed by atoms with van der Waals surface area (Å²) in [4.78, 5) is 13.2. The molecule has 1 aromatic rings. The number of benzene rings is 1. The number of carbonyl (C=O) groups is 1. The Kier molecular flexibility index (Phi) is 4.95. The van der Waals surface area contributed by atoms with Crippen LogP contribution in [0.4, 0.5) is 15.8 Å². The fraction of sp³-hybridized carbons (Fsp3) is 0.417. The summed E-state index contributed by atoms with van der Waals surface area (Å²) in [6.45, 7) is 3.89. The molecule has 0 aliphatic carbocycles. The van der Waals surface area contributed by atoms with Crippen molar-refractivity contribution in [1.82, 2.24) is 5.32 Å². The molecule has 0 saturated heterocycles. The number of amides is 1. The van der Waals surface area contributed by atoms with Crippen LogP contribution in [0, 0.1) is 5.82 Å². The highest BCUT2D eigenvalue weighted by molar-refractivity contribution is 9.10. The predicted molar refractivity (Wildman–Crippen MR) is 75.1 cm³/mol. The third-order valence-corrected chi connectivity index (χ3v) is 2.92. The molecule has 1 amide bonds. The summed E-state index contributed by atoms with van der Waals surface area (Å²) in [7, 11) is 1.69. The fourth-order valence-corrected chi connectivity index (χ4v) is 1.91. The molecule has 0 atom stereocenters. The molecule has 18 heavy (non-hydrogen) atoms. The van der Waals surface area contributed by atoms with Gasteiger partial charge in [0.25, 0.3) is 0 Å². The van der Waals surface area contributed by atoms with E-state index in [-0.39, 0.29) is 18.5 Å². The summed E-state index contributed by atoms with van der Waals surface area (Å²) in [5.74, 6) is -0.537. The summed E-state index contributed by atoms with van der Waals surface area (Å²) in [5, 5.41) is 2.76. The average Bonchev–Trinajstić information content (AvgIpc) is 2.21. The number of likely N-dealkylation sites (N-methyl/N-ethyl adjacent to an activating group) is 1. The molecule has 1 aromatic carbocycles. The van der Waals surface area contributed by atoms with Crippen LogP contribution in [0.5, 0.6) is 0 Å². The molecule has 3 N–H and O–H groups in total. The molecule has 0 aromatic heterocycles. The first-order valence-corrected chi connectivity index (χ1v) is 6.35. The second-order valence-electron chi connectivity index (χ2n) is 4.40. The van der Waals surface area contributed by atoms with Gasteiger partial charge in [-0.1, -0.05) is 0 Å². The Morgan fingerprint density at radius 3 is 2.72 bits per heavy atom. The number of halogens is 2. The zero-order valence-electron chi connectivity index (χ0n) is 10.6. The molecule has 0 aliphatic heterocycles. The maximum atomic E-state index is 13.4. The van der Waals surface area contributed by atoms with E-state index in [0.29, 0.717) is 15.8 Å². The van der Waals surface area contributed by atoms with E-state index in [1.54, 1.807) is 11.9 Å². The first-order valence-electron chi connectivity index (χ1n) is 5.56. The maximum absolute atomic E-state index is 13.4. The molecule has 4 nitrogen and oxygen atoms in total. The van der Waals surface area contributed by atoms with Gasteiger partial charge in [-0.3, -0.25) is 4.79 Å². The fourth-order valence-electron chi connectivity index (χ4n) is 1.55. The Morgan fingerprint density at radius 1 is 1.56 bits per heavy atom. The largest absolute Gasteiger partial charge is 0.397 e. The normalized spacial score (nSPS) is 10.6. The molecule has 0 aliphatic rings. The number of carbonyl (C=O) groups excluding carboxylic acids is 1. The average molecular weight is 318 g/mol. The molecule has 100 valence electrons. The number of rotatable bonds is 4. The minimum Gasteiger partial charge on any atom is -0.397 e. The van der Waals surface area contributed by atoms with Crippen molar-refractivity contribution in [3.05, 3.63) is 22.4 Å². The van der Waals surface area contributed by atoms with E-state index in [0.717, 1.165) is 0 Å². The number of nitrogens with two attached hydrogens (primary N) is 1. The quantitative estimate of drug-likeness (QED) is 0.836. The lowest BCUT2D eigenvalue weighted by atomic mass is 10.2. The lowest BCUT2D eigenvalue weighted by molar-refractivity contribution is -0.120. The van der Waals surface area contributed by atoms with Gasteiger partial charge in [0, 0.05) is 19.2 Å². The van der Waals surface area contributed by atoms with E-state index in [4.69, 9.17) is 5.73 Å². The molecule has 1 rings (SSSR count). The minimum atomic E-state index is -0.407. The van der Waals surface area contributed by atoms with Crippen LogP contribution in [0.1, 0.15) is 13.8 Å². The Bertz CT molecular complexity index is 451. The second-order valence-corrected chi connectivity index (χ2v) is 5.26. The number of anilines is 2. The van der Waals surface area contributed by atoms with Gasteiger partial charge in [0.2, 0.25) is 5.91 Å². The lowest BCUT2D eigenvalue weighted by Crippen LogP contribution is -2.38. The number of hydrogen-bond acceptors (Lipinski definition) is 3. The summed E-state index contributed by atoms with van der Waals surface area (Å²) in [6, 6.07) is 2.87. The maximum Gasteiger partial charge on any atom is 0.239 e. The molecule has 0 saturated carbocycles.